The van der Waals surface area contributed by atoms with Crippen LogP contribution in [-0.2, 0) is 16.4 Å². The number of carbonyl (C=O) groups is 1. The van der Waals surface area contributed by atoms with Gasteiger partial charge in [0, 0.05) is 28.4 Å². The Labute approximate surface area is 185 Å². The predicted octanol–water partition coefficient (Wildman–Crippen LogP) is 4.34. The fraction of sp³-hybridized carbons (Fsp3) is 0.136. The molecule has 1 amide bonds. The van der Waals surface area contributed by atoms with Crippen molar-refractivity contribution in [2.75, 3.05) is 23.8 Å². The van der Waals surface area contributed by atoms with E-state index in [1.165, 1.54) is 19.2 Å². The summed E-state index contributed by atoms with van der Waals surface area (Å²) in [6.45, 7) is 0.598. The minimum atomic E-state index is -3.99. The van der Waals surface area contributed by atoms with Gasteiger partial charge in [-0.3, -0.25) is 9.52 Å². The Morgan fingerprint density at radius 1 is 1.03 bits per heavy atom. The van der Waals surface area contributed by atoms with E-state index in [9.17, 15) is 13.2 Å². The summed E-state index contributed by atoms with van der Waals surface area (Å²) < 4.78 is 39.1. The molecule has 1 aliphatic heterocycles. The van der Waals surface area contributed by atoms with Crippen LogP contribution in [0.5, 0.6) is 11.5 Å². The van der Waals surface area contributed by atoms with E-state index in [2.05, 4.69) is 10.0 Å². The number of hydrogen-bond donors (Lipinski definition) is 2. The first-order chi connectivity index (χ1) is 14.9. The first kappa shape index (κ1) is 21.0. The highest BCUT2D eigenvalue weighted by Gasteiger charge is 2.22. The molecule has 0 bridgehead atoms. The van der Waals surface area contributed by atoms with Crippen molar-refractivity contribution in [3.63, 3.8) is 0 Å². The second kappa shape index (κ2) is 8.49. The number of carbonyl (C=O) groups excluding carboxylic acids is 1. The molecule has 3 aromatic rings. The second-order valence-electron chi connectivity index (χ2n) is 6.85. The number of benzene rings is 3. The van der Waals surface area contributed by atoms with Crippen LogP contribution in [0.1, 0.15) is 15.9 Å². The molecule has 31 heavy (non-hydrogen) atoms. The molecule has 4 rings (SSSR count). The van der Waals surface area contributed by atoms with Crippen LogP contribution in [0.3, 0.4) is 0 Å². The highest BCUT2D eigenvalue weighted by Crippen LogP contribution is 2.30. The molecule has 0 saturated carbocycles. The van der Waals surface area contributed by atoms with Gasteiger partial charge in [0.15, 0.2) is 0 Å². The van der Waals surface area contributed by atoms with Gasteiger partial charge in [0.25, 0.3) is 15.9 Å². The van der Waals surface area contributed by atoms with E-state index in [0.717, 1.165) is 17.7 Å². The van der Waals surface area contributed by atoms with Crippen LogP contribution in [0.4, 0.5) is 11.4 Å². The first-order valence-electron chi connectivity index (χ1n) is 9.39. The molecule has 0 saturated heterocycles. The molecule has 3 aromatic carbocycles. The second-order valence-corrected chi connectivity index (χ2v) is 8.94. The quantitative estimate of drug-likeness (QED) is 0.573. The zero-order valence-electron chi connectivity index (χ0n) is 16.5. The summed E-state index contributed by atoms with van der Waals surface area (Å²) in [6, 6.07) is 15.9. The highest BCUT2D eigenvalue weighted by molar-refractivity contribution is 7.92. The molecule has 0 fully saturated rings. The van der Waals surface area contributed by atoms with Crippen LogP contribution in [0.2, 0.25) is 5.02 Å². The lowest BCUT2D eigenvalue weighted by Gasteiger charge is -2.14. The summed E-state index contributed by atoms with van der Waals surface area (Å²) in [5.74, 6) is 0.575. The molecule has 160 valence electrons. The Balaban J connectivity index is 1.59. The maximum atomic E-state index is 13.0. The van der Waals surface area contributed by atoms with Crippen molar-refractivity contribution in [2.24, 2.45) is 0 Å². The van der Waals surface area contributed by atoms with Crippen LogP contribution in [0.15, 0.2) is 65.6 Å². The smallest absolute Gasteiger partial charge is 0.265 e. The number of sulfonamides is 1. The Hall–Kier alpha value is -3.23. The van der Waals surface area contributed by atoms with Gasteiger partial charge in [-0.2, -0.15) is 0 Å². The Morgan fingerprint density at radius 2 is 1.77 bits per heavy atom. The van der Waals surface area contributed by atoms with Crippen molar-refractivity contribution in [1.29, 1.82) is 0 Å². The third-order valence-electron chi connectivity index (χ3n) is 4.76. The molecule has 1 heterocycles. The average Bonchev–Trinajstić information content (AvgIpc) is 3.23. The summed E-state index contributed by atoms with van der Waals surface area (Å²) in [6.07, 6.45) is 0.748. The lowest BCUT2D eigenvalue weighted by molar-refractivity contribution is 0.102. The van der Waals surface area contributed by atoms with E-state index in [1.807, 2.05) is 0 Å². The molecule has 1 aliphatic rings. The Morgan fingerprint density at radius 3 is 2.52 bits per heavy atom. The number of fused-ring (bicyclic) bond motifs is 1. The average molecular weight is 459 g/mol. The fourth-order valence-corrected chi connectivity index (χ4v) is 4.60. The van der Waals surface area contributed by atoms with Crippen molar-refractivity contribution in [3.8, 4) is 11.5 Å². The van der Waals surface area contributed by atoms with Gasteiger partial charge in [-0.1, -0.05) is 11.6 Å². The number of rotatable bonds is 6. The van der Waals surface area contributed by atoms with Gasteiger partial charge in [0.2, 0.25) is 0 Å². The van der Waals surface area contributed by atoms with Crippen LogP contribution in [0.25, 0.3) is 0 Å². The fourth-order valence-electron chi connectivity index (χ4n) is 3.22. The van der Waals surface area contributed by atoms with Crippen LogP contribution in [-0.4, -0.2) is 28.0 Å². The predicted molar refractivity (Wildman–Crippen MR) is 119 cm³/mol. The third kappa shape index (κ3) is 4.60. The molecule has 2 N–H and O–H groups in total. The van der Waals surface area contributed by atoms with Gasteiger partial charge in [0.1, 0.15) is 16.4 Å². The summed E-state index contributed by atoms with van der Waals surface area (Å²) in [5, 5.41) is 3.23. The molecule has 0 radical (unpaired) electrons. The SMILES string of the molecule is COc1ccc(NC(=O)c2ccc3c(c2)CCO3)cc1S(=O)(=O)Nc1ccc(Cl)cc1. The van der Waals surface area contributed by atoms with Crippen molar-refractivity contribution in [2.45, 2.75) is 11.3 Å². The van der Waals surface area contributed by atoms with Crippen molar-refractivity contribution in [3.05, 3.63) is 76.8 Å². The van der Waals surface area contributed by atoms with Crippen LogP contribution in [0, 0.1) is 0 Å². The molecular formula is C22H19ClN2O5S. The lowest BCUT2D eigenvalue weighted by Crippen LogP contribution is -2.16. The first-order valence-corrected chi connectivity index (χ1v) is 11.3. The van der Waals surface area contributed by atoms with Gasteiger partial charge in [-0.05, 0) is 66.2 Å². The van der Waals surface area contributed by atoms with Crippen molar-refractivity contribution >= 4 is 38.9 Å². The Bertz CT molecular complexity index is 1240. The van der Waals surface area contributed by atoms with E-state index in [-0.39, 0.29) is 16.6 Å². The standard InChI is InChI=1S/C22H19ClN2O5S/c1-29-20-9-7-18(24-22(26)15-2-8-19-14(12-15)10-11-30-19)13-21(20)31(27,28)25-17-5-3-16(23)4-6-17/h2-9,12-13,25H,10-11H2,1H3,(H,24,26). The van der Waals surface area contributed by atoms with Gasteiger partial charge >= 0.3 is 0 Å². The van der Waals surface area contributed by atoms with Crippen LogP contribution < -0.4 is 19.5 Å². The van der Waals surface area contributed by atoms with E-state index >= 15 is 0 Å². The van der Waals surface area contributed by atoms with E-state index in [0.29, 0.717) is 28.6 Å². The van der Waals surface area contributed by atoms with Crippen molar-refractivity contribution < 1.29 is 22.7 Å². The molecule has 0 aromatic heterocycles. The number of amides is 1. The third-order valence-corrected chi connectivity index (χ3v) is 6.41. The zero-order valence-corrected chi connectivity index (χ0v) is 18.1. The monoisotopic (exact) mass is 458 g/mol. The van der Waals surface area contributed by atoms with Gasteiger partial charge in [-0.25, -0.2) is 8.42 Å². The molecule has 0 atom stereocenters. The number of hydrogen-bond acceptors (Lipinski definition) is 5. The molecule has 0 unspecified atom stereocenters. The summed E-state index contributed by atoms with van der Waals surface area (Å²) in [5.41, 5.74) is 2.10. The van der Waals surface area contributed by atoms with Gasteiger partial charge < -0.3 is 14.8 Å². The van der Waals surface area contributed by atoms with E-state index in [4.69, 9.17) is 21.1 Å². The van der Waals surface area contributed by atoms with E-state index < -0.39 is 10.0 Å². The van der Waals surface area contributed by atoms with E-state index in [1.54, 1.807) is 48.5 Å². The number of anilines is 2. The van der Waals surface area contributed by atoms with Crippen LogP contribution >= 0.6 is 11.6 Å². The van der Waals surface area contributed by atoms with Gasteiger partial charge in [0.05, 0.1) is 13.7 Å². The maximum absolute atomic E-state index is 13.0. The summed E-state index contributed by atoms with van der Waals surface area (Å²) in [7, 11) is -2.61. The molecule has 0 spiro atoms. The summed E-state index contributed by atoms with van der Waals surface area (Å²) >= 11 is 5.85. The maximum Gasteiger partial charge on any atom is 0.265 e. The number of halogens is 1. The molecule has 0 aliphatic carbocycles. The van der Waals surface area contributed by atoms with Crippen molar-refractivity contribution in [1.82, 2.24) is 0 Å². The topological polar surface area (TPSA) is 93.7 Å². The Kier molecular flexibility index (Phi) is 5.75. The zero-order chi connectivity index (χ0) is 22.0. The normalized spacial score (nSPS) is 12.6. The minimum Gasteiger partial charge on any atom is -0.495 e. The number of ether oxygens (including phenoxy) is 2. The molecule has 9 heteroatoms. The lowest BCUT2D eigenvalue weighted by atomic mass is 10.1. The largest absolute Gasteiger partial charge is 0.495 e. The molecule has 7 nitrogen and oxygen atoms in total. The molecular weight excluding hydrogens is 440 g/mol. The number of methoxy groups -OCH3 is 1. The minimum absolute atomic E-state index is 0.106. The van der Waals surface area contributed by atoms with Gasteiger partial charge in [-0.15, -0.1) is 0 Å². The highest BCUT2D eigenvalue weighted by atomic mass is 35.5. The number of nitrogens with one attached hydrogen (secondary N) is 2. The summed E-state index contributed by atoms with van der Waals surface area (Å²) in [4.78, 5) is 12.6.